The van der Waals surface area contributed by atoms with Gasteiger partial charge in [-0.15, -0.1) is 0 Å². The molecule has 0 unspecified atom stereocenters. The molecule has 0 atom stereocenters. The molecule has 1 aromatic carbocycles. The zero-order valence-corrected chi connectivity index (χ0v) is 17.0. The molecule has 0 radical (unpaired) electrons. The van der Waals surface area contributed by atoms with E-state index in [2.05, 4.69) is 9.27 Å². The summed E-state index contributed by atoms with van der Waals surface area (Å²) in [6, 6.07) is 4.98. The molecule has 0 aliphatic heterocycles. The van der Waals surface area contributed by atoms with E-state index in [1.165, 1.54) is 18.7 Å². The Kier molecular flexibility index (Phi) is 5.17. The fraction of sp³-hybridized carbons (Fsp3) is 0.381. The molecule has 29 heavy (non-hydrogen) atoms. The Labute approximate surface area is 172 Å². The smallest absolute Gasteiger partial charge is 0.361 e. The third kappa shape index (κ3) is 3.44. The first-order valence-corrected chi connectivity index (χ1v) is 9.91. The third-order valence-electron chi connectivity index (χ3n) is 5.80. The lowest BCUT2D eigenvalue weighted by Crippen LogP contribution is -2.33. The first kappa shape index (κ1) is 19.6. The standard InChI is InChI=1S/C21H21ClFN3O3/c1-25-11-15(21(28)29-22)19(27)14-8-12-9-16(23)18(10-17(12)24-20(14)25)26(2)13-6-4-3-5-7-13/h8-11,13H,3-7H2,1-2H3. The highest BCUT2D eigenvalue weighted by Crippen LogP contribution is 2.31. The topological polar surface area (TPSA) is 64.4 Å². The number of carbonyl (C=O) groups is 1. The van der Waals surface area contributed by atoms with Gasteiger partial charge in [0.2, 0.25) is 5.43 Å². The van der Waals surface area contributed by atoms with E-state index in [4.69, 9.17) is 11.9 Å². The molecule has 2 heterocycles. The minimum absolute atomic E-state index is 0.201. The van der Waals surface area contributed by atoms with Crippen LogP contribution < -0.4 is 10.3 Å². The van der Waals surface area contributed by atoms with Crippen LogP contribution in [0.3, 0.4) is 0 Å². The van der Waals surface area contributed by atoms with Crippen LogP contribution >= 0.6 is 11.9 Å². The van der Waals surface area contributed by atoms with Gasteiger partial charge in [0.15, 0.2) is 0 Å². The number of rotatable bonds is 3. The second-order valence-corrected chi connectivity index (χ2v) is 7.76. The summed E-state index contributed by atoms with van der Waals surface area (Å²) in [6.07, 6.45) is 6.98. The number of carbonyl (C=O) groups excluding carboxylic acids is 1. The van der Waals surface area contributed by atoms with E-state index in [0.29, 0.717) is 28.3 Å². The molecule has 2 aromatic heterocycles. The minimum atomic E-state index is -0.940. The molecule has 1 aliphatic carbocycles. The summed E-state index contributed by atoms with van der Waals surface area (Å²) in [4.78, 5) is 31.0. The van der Waals surface area contributed by atoms with Crippen LogP contribution in [0.25, 0.3) is 21.9 Å². The molecule has 6 nitrogen and oxygen atoms in total. The monoisotopic (exact) mass is 417 g/mol. The zero-order valence-electron chi connectivity index (χ0n) is 16.2. The largest absolute Gasteiger partial charge is 0.369 e. The van der Waals surface area contributed by atoms with Crippen molar-refractivity contribution < 1.29 is 13.5 Å². The van der Waals surface area contributed by atoms with Crippen LogP contribution in [0.2, 0.25) is 0 Å². The summed E-state index contributed by atoms with van der Waals surface area (Å²) in [5, 5.41) is 0.691. The number of nitrogens with zero attached hydrogens (tertiary/aromatic N) is 3. The lowest BCUT2D eigenvalue weighted by molar-refractivity contribution is 0.0749. The number of anilines is 1. The van der Waals surface area contributed by atoms with Crippen molar-refractivity contribution in [1.82, 2.24) is 9.55 Å². The molecular formula is C21H21ClFN3O3. The van der Waals surface area contributed by atoms with E-state index >= 15 is 0 Å². The molecule has 4 rings (SSSR count). The van der Waals surface area contributed by atoms with Crippen LogP contribution in [0.1, 0.15) is 42.5 Å². The van der Waals surface area contributed by atoms with Gasteiger partial charge in [-0.2, -0.15) is 0 Å². The van der Waals surface area contributed by atoms with Crippen LogP contribution in [-0.4, -0.2) is 28.6 Å². The molecular weight excluding hydrogens is 397 g/mol. The molecule has 0 bridgehead atoms. The average Bonchev–Trinajstić information content (AvgIpc) is 2.74. The maximum absolute atomic E-state index is 14.9. The van der Waals surface area contributed by atoms with Crippen molar-refractivity contribution in [3.05, 3.63) is 46.0 Å². The van der Waals surface area contributed by atoms with Crippen molar-refractivity contribution in [3.63, 3.8) is 0 Å². The summed E-state index contributed by atoms with van der Waals surface area (Å²) in [6.45, 7) is 0. The molecule has 1 saturated carbocycles. The molecule has 1 fully saturated rings. The van der Waals surface area contributed by atoms with E-state index < -0.39 is 11.4 Å². The van der Waals surface area contributed by atoms with Crippen LogP contribution in [0, 0.1) is 5.82 Å². The first-order valence-electron chi connectivity index (χ1n) is 9.60. The highest BCUT2D eigenvalue weighted by Gasteiger charge is 2.22. The fourth-order valence-corrected chi connectivity index (χ4v) is 4.27. The van der Waals surface area contributed by atoms with E-state index in [1.54, 1.807) is 23.7 Å². The number of benzene rings is 1. The van der Waals surface area contributed by atoms with Crippen molar-refractivity contribution in [3.8, 4) is 0 Å². The fourth-order valence-electron chi connectivity index (χ4n) is 4.19. The molecule has 152 valence electrons. The van der Waals surface area contributed by atoms with Crippen molar-refractivity contribution in [2.24, 2.45) is 7.05 Å². The normalized spacial score (nSPS) is 15.0. The van der Waals surface area contributed by atoms with Crippen LogP contribution in [-0.2, 0) is 11.3 Å². The summed E-state index contributed by atoms with van der Waals surface area (Å²) in [7, 11) is 3.59. The van der Waals surface area contributed by atoms with Crippen molar-refractivity contribution in [2.45, 2.75) is 38.1 Å². The second kappa shape index (κ2) is 7.63. The summed E-state index contributed by atoms with van der Waals surface area (Å²) >= 11 is 5.12. The van der Waals surface area contributed by atoms with Gasteiger partial charge in [-0.1, -0.05) is 19.3 Å². The molecule has 1 aliphatic rings. The van der Waals surface area contributed by atoms with Crippen molar-refractivity contribution in [1.29, 1.82) is 0 Å². The third-order valence-corrected chi connectivity index (χ3v) is 5.94. The summed E-state index contributed by atoms with van der Waals surface area (Å²) in [5.41, 5.74) is 0.724. The number of aromatic nitrogens is 2. The molecule has 0 saturated heterocycles. The maximum atomic E-state index is 14.9. The van der Waals surface area contributed by atoms with Gasteiger partial charge < -0.3 is 13.8 Å². The Morgan fingerprint density at radius 1 is 1.28 bits per heavy atom. The van der Waals surface area contributed by atoms with Crippen molar-refractivity contribution >= 4 is 45.5 Å². The molecule has 0 amide bonds. The Morgan fingerprint density at radius 2 is 2.00 bits per heavy atom. The second-order valence-electron chi connectivity index (χ2n) is 7.61. The van der Waals surface area contributed by atoms with Gasteiger partial charge >= 0.3 is 5.97 Å². The number of aryl methyl sites for hydroxylation is 1. The van der Waals surface area contributed by atoms with Gasteiger partial charge in [0.1, 0.15) is 28.9 Å². The van der Waals surface area contributed by atoms with E-state index in [1.807, 2.05) is 11.9 Å². The summed E-state index contributed by atoms with van der Waals surface area (Å²) < 4.78 is 20.6. The van der Waals surface area contributed by atoms with Gasteiger partial charge in [-0.3, -0.25) is 4.79 Å². The van der Waals surface area contributed by atoms with Gasteiger partial charge in [0, 0.05) is 31.7 Å². The Bertz CT molecular complexity index is 1170. The predicted octanol–water partition coefficient (Wildman–Crippen LogP) is 4.31. The van der Waals surface area contributed by atoms with E-state index in [-0.39, 0.29) is 16.8 Å². The van der Waals surface area contributed by atoms with Crippen LogP contribution in [0.15, 0.2) is 29.2 Å². The number of hydrogen-bond donors (Lipinski definition) is 0. The quantitative estimate of drug-likeness (QED) is 0.594. The molecule has 8 heteroatoms. The molecule has 3 aromatic rings. The first-order chi connectivity index (χ1) is 13.9. The minimum Gasteiger partial charge on any atom is -0.369 e. The maximum Gasteiger partial charge on any atom is 0.361 e. The lowest BCUT2D eigenvalue weighted by Gasteiger charge is -2.33. The zero-order chi connectivity index (χ0) is 20.7. The molecule has 0 spiro atoms. The van der Waals surface area contributed by atoms with Gasteiger partial charge in [-0.05, 0) is 31.0 Å². The summed E-state index contributed by atoms with van der Waals surface area (Å²) in [5.74, 6) is -1.30. The van der Waals surface area contributed by atoms with Crippen LogP contribution in [0.4, 0.5) is 10.1 Å². The number of fused-ring (bicyclic) bond motifs is 2. The lowest BCUT2D eigenvalue weighted by atomic mass is 9.94. The number of halogens is 2. The highest BCUT2D eigenvalue weighted by molar-refractivity contribution is 6.16. The Balaban J connectivity index is 1.87. The number of hydrogen-bond acceptors (Lipinski definition) is 5. The predicted molar refractivity (Wildman–Crippen MR) is 111 cm³/mol. The average molecular weight is 418 g/mol. The van der Waals surface area contributed by atoms with Gasteiger partial charge in [0.05, 0.1) is 16.6 Å². The Morgan fingerprint density at radius 3 is 2.69 bits per heavy atom. The van der Waals surface area contributed by atoms with Gasteiger partial charge in [-0.25, -0.2) is 14.2 Å². The number of pyridine rings is 2. The Hall–Kier alpha value is -2.67. The van der Waals surface area contributed by atoms with E-state index in [9.17, 15) is 14.0 Å². The SMILES string of the molecule is CN(c1cc2nc3c(cc2cc1F)c(=O)c(C(=O)OCl)cn3C)C1CCCCC1. The molecule has 0 N–H and O–H groups in total. The van der Waals surface area contributed by atoms with Crippen molar-refractivity contribution in [2.75, 3.05) is 11.9 Å². The van der Waals surface area contributed by atoms with Gasteiger partial charge in [0.25, 0.3) is 0 Å². The highest BCUT2D eigenvalue weighted by atomic mass is 35.5. The van der Waals surface area contributed by atoms with E-state index in [0.717, 1.165) is 25.7 Å². The van der Waals surface area contributed by atoms with Crippen LogP contribution in [0.5, 0.6) is 0 Å².